The second-order valence-electron chi connectivity index (χ2n) is 11.4. The molecule has 1 N–H and O–H groups in total. The van der Waals surface area contributed by atoms with Crippen LogP contribution in [-0.4, -0.2) is 43.8 Å². The molecule has 1 saturated carbocycles. The topological polar surface area (TPSA) is 86.8 Å². The second kappa shape index (κ2) is 13.8. The summed E-state index contributed by atoms with van der Waals surface area (Å²) in [6, 6.07) is 16.1. The van der Waals surface area contributed by atoms with Crippen LogP contribution in [0.5, 0.6) is 0 Å². The summed E-state index contributed by atoms with van der Waals surface area (Å²) in [5.41, 5.74) is 1.07. The average molecular weight is 630 g/mol. The van der Waals surface area contributed by atoms with Crippen molar-refractivity contribution in [1.82, 2.24) is 10.2 Å². The van der Waals surface area contributed by atoms with Crippen molar-refractivity contribution in [3.63, 3.8) is 0 Å². The van der Waals surface area contributed by atoms with Gasteiger partial charge in [0.25, 0.3) is 10.0 Å². The molecule has 1 fully saturated rings. The molecule has 1 aliphatic carbocycles. The van der Waals surface area contributed by atoms with E-state index in [-0.39, 0.29) is 29.1 Å². The van der Waals surface area contributed by atoms with E-state index in [4.69, 9.17) is 0 Å². The summed E-state index contributed by atoms with van der Waals surface area (Å²) < 4.78 is 69.5. The Balaban J connectivity index is 1.72. The monoisotopic (exact) mass is 629 g/mol. The average Bonchev–Trinajstić information content (AvgIpc) is 2.98. The van der Waals surface area contributed by atoms with Gasteiger partial charge < -0.3 is 10.2 Å². The normalized spacial score (nSPS) is 15.0. The SMILES string of the molecule is Cc1ccc(S(=O)(=O)N(CC(=O)N(Cc2cccc(C)c2)C(C)C(=O)NC2CCCCC2)c2cccc(C(F)(F)F)c2)cc1. The zero-order valence-electron chi connectivity index (χ0n) is 25.1. The highest BCUT2D eigenvalue weighted by Crippen LogP contribution is 2.33. The van der Waals surface area contributed by atoms with Crippen LogP contribution in [0, 0.1) is 13.8 Å². The minimum atomic E-state index is -4.73. The molecule has 11 heteroatoms. The van der Waals surface area contributed by atoms with E-state index < -0.39 is 40.3 Å². The molecule has 0 saturated heterocycles. The van der Waals surface area contributed by atoms with Gasteiger partial charge in [-0.2, -0.15) is 13.2 Å². The Bertz CT molecular complexity index is 1570. The van der Waals surface area contributed by atoms with Crippen LogP contribution in [0.15, 0.2) is 77.7 Å². The third-order valence-electron chi connectivity index (χ3n) is 7.90. The van der Waals surface area contributed by atoms with Crippen molar-refractivity contribution >= 4 is 27.5 Å². The number of aryl methyl sites for hydroxylation is 2. The summed E-state index contributed by atoms with van der Waals surface area (Å²) >= 11 is 0. The number of alkyl halides is 3. The van der Waals surface area contributed by atoms with Gasteiger partial charge in [0.05, 0.1) is 16.1 Å². The number of carbonyl (C=O) groups excluding carboxylic acids is 2. The summed E-state index contributed by atoms with van der Waals surface area (Å²) in [5, 5.41) is 3.03. The highest BCUT2D eigenvalue weighted by Gasteiger charge is 2.35. The summed E-state index contributed by atoms with van der Waals surface area (Å²) in [6.45, 7) is 4.42. The van der Waals surface area contributed by atoms with Gasteiger partial charge in [-0.15, -0.1) is 0 Å². The van der Waals surface area contributed by atoms with Gasteiger partial charge in [-0.25, -0.2) is 8.42 Å². The molecule has 0 bridgehead atoms. The maximum absolute atomic E-state index is 14.1. The molecule has 0 aliphatic heterocycles. The van der Waals surface area contributed by atoms with Crippen molar-refractivity contribution in [2.24, 2.45) is 0 Å². The molecular weight excluding hydrogens is 591 g/mol. The number of sulfonamides is 1. The van der Waals surface area contributed by atoms with Crippen molar-refractivity contribution in [2.75, 3.05) is 10.8 Å². The van der Waals surface area contributed by atoms with Gasteiger partial charge in [-0.05, 0) is 69.5 Å². The molecular formula is C33H38F3N3O4S. The first kappa shape index (κ1) is 33.0. The minimum Gasteiger partial charge on any atom is -0.352 e. The van der Waals surface area contributed by atoms with Gasteiger partial charge in [0.15, 0.2) is 0 Å². The highest BCUT2D eigenvalue weighted by molar-refractivity contribution is 7.92. The zero-order chi connectivity index (χ0) is 32.1. The van der Waals surface area contributed by atoms with Crippen LogP contribution in [0.4, 0.5) is 18.9 Å². The molecule has 1 atom stereocenters. The predicted molar refractivity (Wildman–Crippen MR) is 163 cm³/mol. The Morgan fingerprint density at radius 3 is 2.20 bits per heavy atom. The fourth-order valence-electron chi connectivity index (χ4n) is 5.36. The maximum Gasteiger partial charge on any atom is 0.416 e. The Morgan fingerprint density at radius 2 is 1.57 bits per heavy atom. The van der Waals surface area contributed by atoms with E-state index in [9.17, 15) is 31.2 Å². The van der Waals surface area contributed by atoms with Gasteiger partial charge in [-0.3, -0.25) is 13.9 Å². The summed E-state index contributed by atoms with van der Waals surface area (Å²) in [4.78, 5) is 28.6. The third kappa shape index (κ3) is 8.19. The van der Waals surface area contributed by atoms with Crippen molar-refractivity contribution in [1.29, 1.82) is 0 Å². The van der Waals surface area contributed by atoms with Gasteiger partial charge in [0, 0.05) is 12.6 Å². The Labute approximate surface area is 257 Å². The minimum absolute atomic E-state index is 0.000771. The maximum atomic E-state index is 14.1. The largest absolute Gasteiger partial charge is 0.416 e. The second-order valence-corrected chi connectivity index (χ2v) is 13.3. The van der Waals surface area contributed by atoms with Crippen LogP contribution < -0.4 is 9.62 Å². The Hall–Kier alpha value is -3.86. The quantitative estimate of drug-likeness (QED) is 0.282. The number of hydrogen-bond acceptors (Lipinski definition) is 4. The molecule has 44 heavy (non-hydrogen) atoms. The summed E-state index contributed by atoms with van der Waals surface area (Å²) in [5.74, 6) is -1.10. The van der Waals surface area contributed by atoms with Crippen LogP contribution in [0.1, 0.15) is 61.3 Å². The molecule has 0 aromatic heterocycles. The molecule has 0 spiro atoms. The number of nitrogens with zero attached hydrogens (tertiary/aromatic N) is 2. The van der Waals surface area contributed by atoms with Crippen LogP contribution in [0.25, 0.3) is 0 Å². The van der Waals surface area contributed by atoms with Gasteiger partial charge in [0.2, 0.25) is 11.8 Å². The lowest BCUT2D eigenvalue weighted by Crippen LogP contribution is -2.53. The molecule has 3 aromatic rings. The molecule has 7 nitrogen and oxygen atoms in total. The van der Waals surface area contributed by atoms with E-state index in [1.807, 2.05) is 25.1 Å². The lowest BCUT2D eigenvalue weighted by Gasteiger charge is -2.33. The van der Waals surface area contributed by atoms with Crippen molar-refractivity contribution in [2.45, 2.75) is 82.6 Å². The molecule has 0 radical (unpaired) electrons. The van der Waals surface area contributed by atoms with E-state index in [2.05, 4.69) is 5.32 Å². The van der Waals surface area contributed by atoms with Crippen LogP contribution in [0.3, 0.4) is 0 Å². The number of benzene rings is 3. The number of carbonyl (C=O) groups is 2. The first-order chi connectivity index (χ1) is 20.8. The van der Waals surface area contributed by atoms with Gasteiger partial charge >= 0.3 is 6.18 Å². The van der Waals surface area contributed by atoms with E-state index >= 15 is 0 Å². The predicted octanol–water partition coefficient (Wildman–Crippen LogP) is 6.38. The molecule has 1 unspecified atom stereocenters. The van der Waals surface area contributed by atoms with E-state index in [1.54, 1.807) is 32.0 Å². The number of amides is 2. The molecule has 1 aliphatic rings. The fraction of sp³-hybridized carbons (Fsp3) is 0.394. The van der Waals surface area contributed by atoms with Crippen molar-refractivity contribution < 1.29 is 31.2 Å². The van der Waals surface area contributed by atoms with Gasteiger partial charge in [0.1, 0.15) is 12.6 Å². The fourth-order valence-corrected chi connectivity index (χ4v) is 6.77. The number of nitrogens with one attached hydrogen (secondary N) is 1. The molecule has 236 valence electrons. The number of anilines is 1. The van der Waals surface area contributed by atoms with Gasteiger partial charge in [-0.1, -0.05) is 72.9 Å². The Morgan fingerprint density at radius 1 is 0.909 bits per heavy atom. The van der Waals surface area contributed by atoms with Crippen LogP contribution in [-0.2, 0) is 32.3 Å². The third-order valence-corrected chi connectivity index (χ3v) is 9.69. The number of hydrogen-bond donors (Lipinski definition) is 1. The van der Waals surface area contributed by atoms with Crippen molar-refractivity contribution in [3.8, 4) is 0 Å². The lowest BCUT2D eigenvalue weighted by atomic mass is 9.95. The molecule has 0 heterocycles. The molecule has 4 rings (SSSR count). The van der Waals surface area contributed by atoms with Crippen molar-refractivity contribution in [3.05, 3.63) is 95.1 Å². The van der Waals surface area contributed by atoms with E-state index in [1.165, 1.54) is 23.1 Å². The summed E-state index contributed by atoms with van der Waals surface area (Å²) in [7, 11) is -4.49. The summed E-state index contributed by atoms with van der Waals surface area (Å²) in [6.07, 6.45) is 0.0237. The number of halogens is 3. The first-order valence-corrected chi connectivity index (χ1v) is 16.1. The Kier molecular flexibility index (Phi) is 10.4. The van der Waals surface area contributed by atoms with Crippen LogP contribution >= 0.6 is 0 Å². The highest BCUT2D eigenvalue weighted by atomic mass is 32.2. The smallest absolute Gasteiger partial charge is 0.352 e. The molecule has 2 amide bonds. The first-order valence-electron chi connectivity index (χ1n) is 14.7. The zero-order valence-corrected chi connectivity index (χ0v) is 25.9. The van der Waals surface area contributed by atoms with E-state index in [0.29, 0.717) is 10.4 Å². The lowest BCUT2D eigenvalue weighted by molar-refractivity contribution is -0.139. The standard InChI is InChI=1S/C33H38F3N3O4S/c1-23-15-17-30(18-16-23)44(42,43)39(29-14-8-11-27(20-29)33(34,35)36)22-31(40)38(21-26-10-7-9-24(2)19-26)25(3)32(41)37-28-12-5-4-6-13-28/h7-11,14-20,25,28H,4-6,12-13,21-22H2,1-3H3,(H,37,41). The number of rotatable bonds is 10. The van der Waals surface area contributed by atoms with E-state index in [0.717, 1.165) is 60.9 Å². The molecule has 3 aromatic carbocycles. The van der Waals surface area contributed by atoms with Crippen LogP contribution in [0.2, 0.25) is 0 Å².